The number of nitrogens with one attached hydrogen (secondary N) is 1. The fourth-order valence-corrected chi connectivity index (χ4v) is 2.88. The third kappa shape index (κ3) is 2.75. The lowest BCUT2D eigenvalue weighted by atomic mass is 10.1. The Morgan fingerprint density at radius 3 is 2.79 bits per heavy atom. The van der Waals surface area contributed by atoms with Crippen molar-refractivity contribution in [1.29, 1.82) is 0 Å². The van der Waals surface area contributed by atoms with E-state index in [9.17, 15) is 0 Å². The van der Waals surface area contributed by atoms with Gasteiger partial charge in [-0.15, -0.1) is 0 Å². The second-order valence-corrected chi connectivity index (χ2v) is 5.46. The summed E-state index contributed by atoms with van der Waals surface area (Å²) in [5, 5.41) is 13.5. The predicted molar refractivity (Wildman–Crippen MR) is 78.6 cm³/mol. The number of hydrogen-bond donors (Lipinski definition) is 2. The van der Waals surface area contributed by atoms with Crippen LogP contribution in [-0.4, -0.2) is 11.1 Å². The van der Waals surface area contributed by atoms with Gasteiger partial charge in [0.05, 0.1) is 6.61 Å². The summed E-state index contributed by atoms with van der Waals surface area (Å²) >= 11 is 6.02. The molecule has 0 spiro atoms. The van der Waals surface area contributed by atoms with Gasteiger partial charge in [-0.2, -0.15) is 0 Å². The first-order valence-corrected chi connectivity index (χ1v) is 6.86. The summed E-state index contributed by atoms with van der Waals surface area (Å²) in [5.74, 6) is 0. The van der Waals surface area contributed by atoms with Gasteiger partial charge in [-0.25, -0.2) is 0 Å². The number of anilines is 1. The highest BCUT2D eigenvalue weighted by molar-refractivity contribution is 6.30. The van der Waals surface area contributed by atoms with E-state index in [0.717, 1.165) is 29.1 Å². The molecular weight excluding hydrogens is 258 g/mol. The summed E-state index contributed by atoms with van der Waals surface area (Å²) in [6, 6.07) is 14.5. The van der Waals surface area contributed by atoms with Gasteiger partial charge < -0.3 is 10.4 Å². The predicted octanol–water partition coefficient (Wildman–Crippen LogP) is 3.41. The van der Waals surface area contributed by atoms with Gasteiger partial charge in [0.15, 0.2) is 0 Å². The second kappa shape index (κ2) is 5.24. The van der Waals surface area contributed by atoms with E-state index in [-0.39, 0.29) is 6.61 Å². The summed E-state index contributed by atoms with van der Waals surface area (Å²) in [7, 11) is 0. The Balaban J connectivity index is 1.73. The van der Waals surface area contributed by atoms with Crippen molar-refractivity contribution < 1.29 is 5.11 Å². The monoisotopic (exact) mass is 273 g/mol. The van der Waals surface area contributed by atoms with Crippen LogP contribution in [0, 0.1) is 0 Å². The van der Waals surface area contributed by atoms with Crippen LogP contribution in [0.15, 0.2) is 42.5 Å². The highest BCUT2D eigenvalue weighted by Gasteiger charge is 2.21. The standard InChI is InChI=1S/C16H16ClNO/c17-14-5-4-12-8-16(9-13(12)7-14)18-15-3-1-2-11(6-15)10-19/h1-7,16,18-19H,8-10H2. The van der Waals surface area contributed by atoms with Crippen LogP contribution in [-0.2, 0) is 19.4 Å². The molecule has 2 nitrogen and oxygen atoms in total. The van der Waals surface area contributed by atoms with E-state index in [1.165, 1.54) is 11.1 Å². The lowest BCUT2D eigenvalue weighted by molar-refractivity contribution is 0.282. The zero-order valence-electron chi connectivity index (χ0n) is 10.6. The van der Waals surface area contributed by atoms with Gasteiger partial charge in [-0.05, 0) is 53.8 Å². The highest BCUT2D eigenvalue weighted by Crippen LogP contribution is 2.27. The van der Waals surface area contributed by atoms with Gasteiger partial charge in [-0.3, -0.25) is 0 Å². The summed E-state index contributed by atoms with van der Waals surface area (Å²) in [6.07, 6.45) is 2.02. The topological polar surface area (TPSA) is 32.3 Å². The first-order valence-electron chi connectivity index (χ1n) is 6.48. The first-order chi connectivity index (χ1) is 9.24. The van der Waals surface area contributed by atoms with Gasteiger partial charge >= 0.3 is 0 Å². The molecule has 2 aromatic carbocycles. The summed E-state index contributed by atoms with van der Waals surface area (Å²) in [4.78, 5) is 0. The molecule has 1 aliphatic carbocycles. The van der Waals surface area contributed by atoms with E-state index in [1.54, 1.807) is 0 Å². The lowest BCUT2D eigenvalue weighted by Gasteiger charge is -2.14. The summed E-state index contributed by atoms with van der Waals surface area (Å²) in [5.41, 5.74) is 4.71. The van der Waals surface area contributed by atoms with Crippen molar-refractivity contribution in [2.45, 2.75) is 25.5 Å². The molecule has 0 amide bonds. The molecule has 98 valence electrons. The molecule has 0 aromatic heterocycles. The van der Waals surface area contributed by atoms with Crippen LogP contribution in [0.5, 0.6) is 0 Å². The normalized spacial score (nSPS) is 17.3. The van der Waals surface area contributed by atoms with E-state index >= 15 is 0 Å². The Hall–Kier alpha value is -1.51. The Morgan fingerprint density at radius 1 is 1.11 bits per heavy atom. The number of rotatable bonds is 3. The maximum Gasteiger partial charge on any atom is 0.0682 e. The maximum atomic E-state index is 9.15. The molecule has 0 saturated heterocycles. The molecule has 19 heavy (non-hydrogen) atoms. The van der Waals surface area contributed by atoms with E-state index in [0.29, 0.717) is 6.04 Å². The zero-order chi connectivity index (χ0) is 13.2. The van der Waals surface area contributed by atoms with Crippen molar-refractivity contribution in [2.75, 3.05) is 5.32 Å². The Morgan fingerprint density at radius 2 is 1.95 bits per heavy atom. The average Bonchev–Trinajstić information content (AvgIpc) is 2.80. The molecule has 0 fully saturated rings. The van der Waals surface area contributed by atoms with Gasteiger partial charge in [0, 0.05) is 16.8 Å². The van der Waals surface area contributed by atoms with E-state index in [1.807, 2.05) is 30.3 Å². The smallest absolute Gasteiger partial charge is 0.0682 e. The molecule has 0 saturated carbocycles. The maximum absolute atomic E-state index is 9.15. The number of aliphatic hydroxyl groups is 1. The molecule has 0 radical (unpaired) electrons. The van der Waals surface area contributed by atoms with Crippen LogP contribution < -0.4 is 5.32 Å². The molecular formula is C16H16ClNO. The summed E-state index contributed by atoms with van der Waals surface area (Å²) < 4.78 is 0. The van der Waals surface area contributed by atoms with Gasteiger partial charge in [0.1, 0.15) is 0 Å². The van der Waals surface area contributed by atoms with Crippen molar-refractivity contribution in [3.05, 3.63) is 64.2 Å². The number of fused-ring (bicyclic) bond motifs is 1. The fourth-order valence-electron chi connectivity index (χ4n) is 2.68. The van der Waals surface area contributed by atoms with E-state index in [4.69, 9.17) is 16.7 Å². The minimum Gasteiger partial charge on any atom is -0.392 e. The largest absolute Gasteiger partial charge is 0.392 e. The number of aliphatic hydroxyl groups excluding tert-OH is 1. The molecule has 0 bridgehead atoms. The molecule has 2 N–H and O–H groups in total. The van der Waals surface area contributed by atoms with Crippen LogP contribution in [0.3, 0.4) is 0 Å². The van der Waals surface area contributed by atoms with E-state index in [2.05, 4.69) is 17.4 Å². The summed E-state index contributed by atoms with van der Waals surface area (Å²) in [6.45, 7) is 0.0794. The van der Waals surface area contributed by atoms with Crippen LogP contribution in [0.4, 0.5) is 5.69 Å². The quantitative estimate of drug-likeness (QED) is 0.898. The minimum absolute atomic E-state index is 0.0794. The van der Waals surface area contributed by atoms with Crippen molar-refractivity contribution >= 4 is 17.3 Å². The van der Waals surface area contributed by atoms with Gasteiger partial charge in [0.25, 0.3) is 0 Å². The molecule has 0 aliphatic heterocycles. The second-order valence-electron chi connectivity index (χ2n) is 5.02. The van der Waals surface area contributed by atoms with Crippen LogP contribution >= 0.6 is 11.6 Å². The van der Waals surface area contributed by atoms with Crippen molar-refractivity contribution in [3.63, 3.8) is 0 Å². The molecule has 0 heterocycles. The molecule has 1 atom stereocenters. The van der Waals surface area contributed by atoms with Gasteiger partial charge in [-0.1, -0.05) is 29.8 Å². The lowest BCUT2D eigenvalue weighted by Crippen LogP contribution is -2.19. The third-order valence-corrected chi connectivity index (χ3v) is 3.82. The third-order valence-electron chi connectivity index (χ3n) is 3.58. The molecule has 1 aliphatic rings. The molecule has 3 rings (SSSR count). The number of hydrogen-bond acceptors (Lipinski definition) is 2. The van der Waals surface area contributed by atoms with Crippen molar-refractivity contribution in [3.8, 4) is 0 Å². The van der Waals surface area contributed by atoms with E-state index < -0.39 is 0 Å². The Labute approximate surface area is 118 Å². The zero-order valence-corrected chi connectivity index (χ0v) is 11.3. The van der Waals surface area contributed by atoms with Crippen LogP contribution in [0.25, 0.3) is 0 Å². The van der Waals surface area contributed by atoms with Crippen LogP contribution in [0.2, 0.25) is 5.02 Å². The van der Waals surface area contributed by atoms with Crippen molar-refractivity contribution in [1.82, 2.24) is 0 Å². The van der Waals surface area contributed by atoms with Crippen molar-refractivity contribution in [2.24, 2.45) is 0 Å². The van der Waals surface area contributed by atoms with Gasteiger partial charge in [0.2, 0.25) is 0 Å². The highest BCUT2D eigenvalue weighted by atomic mass is 35.5. The number of benzene rings is 2. The SMILES string of the molecule is OCc1cccc(NC2Cc3ccc(Cl)cc3C2)c1. The minimum atomic E-state index is 0.0794. The fraction of sp³-hybridized carbons (Fsp3) is 0.250. The Bertz CT molecular complexity index is 597. The average molecular weight is 274 g/mol. The van der Waals surface area contributed by atoms with Crippen LogP contribution in [0.1, 0.15) is 16.7 Å². The Kier molecular flexibility index (Phi) is 3.45. The molecule has 1 unspecified atom stereocenters. The number of halogens is 1. The first kappa shape index (κ1) is 12.5. The molecule has 3 heteroatoms. The molecule has 2 aromatic rings.